The number of nitrogens with one attached hydrogen (secondary N) is 1. The van der Waals surface area contributed by atoms with Crippen LogP contribution in [0.2, 0.25) is 0 Å². The summed E-state index contributed by atoms with van der Waals surface area (Å²) in [5.41, 5.74) is 1.40. The van der Waals surface area contributed by atoms with E-state index in [1.165, 1.54) is 0 Å². The Morgan fingerprint density at radius 3 is 2.64 bits per heavy atom. The predicted molar refractivity (Wildman–Crippen MR) is 104 cm³/mol. The third-order valence-corrected chi connectivity index (χ3v) is 5.06. The quantitative estimate of drug-likeness (QED) is 0.825. The minimum absolute atomic E-state index is 0.0581. The highest BCUT2D eigenvalue weighted by atomic mass is 16.5. The summed E-state index contributed by atoms with van der Waals surface area (Å²) < 4.78 is 16.1. The number of rotatable bonds is 6. The third-order valence-electron chi connectivity index (χ3n) is 5.06. The third kappa shape index (κ3) is 3.98. The molecule has 1 aliphatic rings. The zero-order valence-electron chi connectivity index (χ0n) is 16.7. The molecule has 28 heavy (non-hydrogen) atoms. The molecule has 2 aromatic rings. The number of carbonyl (C=O) groups excluding carboxylic acids is 2. The Morgan fingerprint density at radius 1 is 1.21 bits per heavy atom. The van der Waals surface area contributed by atoms with Gasteiger partial charge in [0.25, 0.3) is 5.91 Å². The Bertz CT molecular complexity index is 874. The molecule has 1 aliphatic heterocycles. The van der Waals surface area contributed by atoms with Gasteiger partial charge >= 0.3 is 0 Å². The summed E-state index contributed by atoms with van der Waals surface area (Å²) in [5, 5.41) is 2.71. The number of nitrogens with zero attached hydrogens (tertiary/aromatic N) is 1. The summed E-state index contributed by atoms with van der Waals surface area (Å²) in [6.07, 6.45) is 1.75. The van der Waals surface area contributed by atoms with Crippen LogP contribution in [0, 0.1) is 13.8 Å². The van der Waals surface area contributed by atoms with Gasteiger partial charge in [-0.05, 0) is 44.9 Å². The van der Waals surface area contributed by atoms with Gasteiger partial charge in [-0.3, -0.25) is 9.59 Å². The number of benzene rings is 1. The Balaban J connectivity index is 1.70. The van der Waals surface area contributed by atoms with E-state index in [1.54, 1.807) is 39.0 Å². The zero-order valence-corrected chi connectivity index (χ0v) is 16.7. The number of hydrogen-bond donors (Lipinski definition) is 1. The fourth-order valence-electron chi connectivity index (χ4n) is 3.69. The lowest BCUT2D eigenvalue weighted by Gasteiger charge is -2.26. The summed E-state index contributed by atoms with van der Waals surface area (Å²) in [4.78, 5) is 26.9. The van der Waals surface area contributed by atoms with Crippen molar-refractivity contribution in [1.82, 2.24) is 10.2 Å². The monoisotopic (exact) mass is 386 g/mol. The summed E-state index contributed by atoms with van der Waals surface area (Å²) in [6, 6.07) is 7.22. The highest BCUT2D eigenvalue weighted by Crippen LogP contribution is 2.38. The highest BCUT2D eigenvalue weighted by molar-refractivity contribution is 5.97. The van der Waals surface area contributed by atoms with Crippen LogP contribution in [0.15, 0.2) is 28.7 Å². The van der Waals surface area contributed by atoms with Gasteiger partial charge in [0.1, 0.15) is 23.0 Å². The fourth-order valence-corrected chi connectivity index (χ4v) is 3.69. The lowest BCUT2D eigenvalue weighted by atomic mass is 10.0. The maximum absolute atomic E-state index is 12.8. The van der Waals surface area contributed by atoms with Gasteiger partial charge < -0.3 is 24.1 Å². The van der Waals surface area contributed by atoms with Gasteiger partial charge in [0, 0.05) is 18.2 Å². The van der Waals surface area contributed by atoms with Crippen LogP contribution in [-0.4, -0.2) is 44.0 Å². The number of hydrogen-bond acceptors (Lipinski definition) is 5. The van der Waals surface area contributed by atoms with Crippen LogP contribution in [0.1, 0.15) is 46.3 Å². The molecule has 1 aromatic heterocycles. The summed E-state index contributed by atoms with van der Waals surface area (Å²) in [6.45, 7) is 4.11. The van der Waals surface area contributed by atoms with Crippen LogP contribution in [0.5, 0.6) is 11.5 Å². The zero-order chi connectivity index (χ0) is 20.3. The molecule has 1 unspecified atom stereocenters. The molecular formula is C21H26N2O5. The number of ether oxygens (including phenoxy) is 2. The van der Waals surface area contributed by atoms with Crippen LogP contribution in [0.25, 0.3) is 0 Å². The number of likely N-dealkylation sites (tertiary alicyclic amines) is 1. The second-order valence-corrected chi connectivity index (χ2v) is 6.86. The van der Waals surface area contributed by atoms with Crippen molar-refractivity contribution in [3.63, 3.8) is 0 Å². The molecule has 7 heteroatoms. The molecular weight excluding hydrogens is 360 g/mol. The van der Waals surface area contributed by atoms with Crippen LogP contribution in [0.4, 0.5) is 0 Å². The van der Waals surface area contributed by atoms with Gasteiger partial charge in [0.05, 0.1) is 32.4 Å². The molecule has 0 saturated carbocycles. The van der Waals surface area contributed by atoms with Crippen molar-refractivity contribution in [2.45, 2.75) is 32.7 Å². The number of aryl methyl sites for hydroxylation is 2. The first-order valence-corrected chi connectivity index (χ1v) is 9.31. The normalized spacial score (nSPS) is 16.1. The van der Waals surface area contributed by atoms with E-state index >= 15 is 0 Å². The molecule has 3 rings (SSSR count). The number of methoxy groups -OCH3 is 2. The molecule has 1 atom stereocenters. The van der Waals surface area contributed by atoms with E-state index in [0.29, 0.717) is 35.1 Å². The van der Waals surface area contributed by atoms with Gasteiger partial charge in [-0.15, -0.1) is 0 Å². The lowest BCUT2D eigenvalue weighted by Crippen LogP contribution is -2.40. The molecule has 0 bridgehead atoms. The average molecular weight is 386 g/mol. The van der Waals surface area contributed by atoms with Crippen LogP contribution < -0.4 is 14.8 Å². The molecule has 1 aromatic carbocycles. The predicted octanol–water partition coefficient (Wildman–Crippen LogP) is 3.01. The Hall–Kier alpha value is -2.96. The number of amides is 2. The van der Waals surface area contributed by atoms with Crippen molar-refractivity contribution in [1.29, 1.82) is 0 Å². The van der Waals surface area contributed by atoms with Crippen LogP contribution in [-0.2, 0) is 4.79 Å². The maximum atomic E-state index is 12.8. The van der Waals surface area contributed by atoms with E-state index in [2.05, 4.69) is 5.32 Å². The molecule has 0 aliphatic carbocycles. The Kier molecular flexibility index (Phi) is 5.92. The molecule has 7 nitrogen and oxygen atoms in total. The van der Waals surface area contributed by atoms with Gasteiger partial charge in [-0.25, -0.2) is 0 Å². The smallest absolute Gasteiger partial charge is 0.255 e. The van der Waals surface area contributed by atoms with Crippen molar-refractivity contribution in [3.05, 3.63) is 46.9 Å². The average Bonchev–Trinajstić information content (AvgIpc) is 3.31. The molecule has 1 saturated heterocycles. The maximum Gasteiger partial charge on any atom is 0.255 e. The van der Waals surface area contributed by atoms with Crippen molar-refractivity contribution in [2.24, 2.45) is 0 Å². The fraction of sp³-hybridized carbons (Fsp3) is 0.429. The lowest BCUT2D eigenvalue weighted by molar-refractivity contribution is -0.131. The topological polar surface area (TPSA) is 81.0 Å². The van der Waals surface area contributed by atoms with Gasteiger partial charge in [0.2, 0.25) is 5.91 Å². The van der Waals surface area contributed by atoms with Crippen molar-refractivity contribution < 1.29 is 23.5 Å². The minimum Gasteiger partial charge on any atom is -0.497 e. The van der Waals surface area contributed by atoms with Crippen molar-refractivity contribution >= 4 is 11.8 Å². The van der Waals surface area contributed by atoms with E-state index in [9.17, 15) is 9.59 Å². The highest BCUT2D eigenvalue weighted by Gasteiger charge is 2.32. The molecule has 2 amide bonds. The van der Waals surface area contributed by atoms with Crippen molar-refractivity contribution in [2.75, 3.05) is 27.3 Å². The summed E-state index contributed by atoms with van der Waals surface area (Å²) in [7, 11) is 3.21. The Morgan fingerprint density at radius 2 is 2.00 bits per heavy atom. The minimum atomic E-state index is -0.305. The molecule has 150 valence electrons. The second kappa shape index (κ2) is 8.37. The molecule has 2 heterocycles. The molecule has 0 spiro atoms. The van der Waals surface area contributed by atoms with E-state index in [-0.39, 0.29) is 24.4 Å². The van der Waals surface area contributed by atoms with E-state index in [4.69, 9.17) is 13.9 Å². The first-order valence-electron chi connectivity index (χ1n) is 9.31. The van der Waals surface area contributed by atoms with Crippen LogP contribution >= 0.6 is 0 Å². The standard InChI is InChI=1S/C21H26N2O5/c1-13-10-17(14(2)28-13)21(25)22-12-20(24)23-9-5-6-18(23)16-8-7-15(26-3)11-19(16)27-4/h7-8,10-11,18H,5-6,9,12H2,1-4H3,(H,22,25). The Labute approximate surface area is 164 Å². The number of furan rings is 1. The van der Waals surface area contributed by atoms with E-state index in [0.717, 1.165) is 18.4 Å². The van der Waals surface area contributed by atoms with Crippen molar-refractivity contribution in [3.8, 4) is 11.5 Å². The molecule has 1 N–H and O–H groups in total. The van der Waals surface area contributed by atoms with Gasteiger partial charge in [-0.1, -0.05) is 0 Å². The number of carbonyl (C=O) groups is 2. The first kappa shape index (κ1) is 19.8. The van der Waals surface area contributed by atoms with E-state index in [1.807, 2.05) is 18.2 Å². The first-order chi connectivity index (χ1) is 13.4. The summed E-state index contributed by atoms with van der Waals surface area (Å²) >= 11 is 0. The largest absolute Gasteiger partial charge is 0.497 e. The summed E-state index contributed by atoms with van der Waals surface area (Å²) in [5.74, 6) is 2.18. The SMILES string of the molecule is COc1ccc(C2CCCN2C(=O)CNC(=O)c2cc(C)oc2C)c(OC)c1. The van der Waals surface area contributed by atoms with Gasteiger partial charge in [-0.2, -0.15) is 0 Å². The molecule has 1 fully saturated rings. The second-order valence-electron chi connectivity index (χ2n) is 6.86. The van der Waals surface area contributed by atoms with Gasteiger partial charge in [0.15, 0.2) is 0 Å². The van der Waals surface area contributed by atoms with Crippen LogP contribution in [0.3, 0.4) is 0 Å². The van der Waals surface area contributed by atoms with E-state index < -0.39 is 0 Å². The molecule has 0 radical (unpaired) electrons.